The molecule has 1 fully saturated rings. The van der Waals surface area contributed by atoms with Crippen molar-refractivity contribution in [1.82, 2.24) is 4.90 Å². The van der Waals surface area contributed by atoms with Crippen LogP contribution in [-0.4, -0.2) is 29.4 Å². The molecule has 3 heteroatoms. The Kier molecular flexibility index (Phi) is 4.59. The number of piperidine rings is 1. The average molecular weight is 260 g/mol. The fraction of sp³-hybridized carbons (Fsp3) is 0.562. The molecule has 104 valence electrons. The van der Waals surface area contributed by atoms with Crippen molar-refractivity contribution in [3.05, 3.63) is 29.8 Å². The monoisotopic (exact) mass is 260 g/mol. The second-order valence-corrected chi connectivity index (χ2v) is 5.72. The van der Waals surface area contributed by atoms with Gasteiger partial charge in [-0.3, -0.25) is 9.69 Å². The highest BCUT2D eigenvalue weighted by Gasteiger charge is 2.26. The highest BCUT2D eigenvalue weighted by molar-refractivity contribution is 5.92. The number of nitrogens with one attached hydrogen (secondary N) is 1. The Morgan fingerprint density at radius 3 is 2.37 bits per heavy atom. The van der Waals surface area contributed by atoms with E-state index < -0.39 is 0 Å². The van der Waals surface area contributed by atoms with E-state index in [1.165, 1.54) is 24.8 Å². The summed E-state index contributed by atoms with van der Waals surface area (Å²) < 4.78 is 0. The molecule has 1 amide bonds. The summed E-state index contributed by atoms with van der Waals surface area (Å²) >= 11 is 0. The standard InChI is InChI=1S/C16H24N2O/c1-12-7-9-15(10-8-12)17-16(19)11-18-13(2)5-4-6-14(18)3/h7-10,13-14H,4-6,11H2,1-3H3,(H,17,19). The van der Waals surface area contributed by atoms with Crippen molar-refractivity contribution < 1.29 is 4.79 Å². The molecule has 1 aromatic carbocycles. The molecule has 1 N–H and O–H groups in total. The van der Waals surface area contributed by atoms with Crippen molar-refractivity contribution in [2.75, 3.05) is 11.9 Å². The van der Waals surface area contributed by atoms with Crippen LogP contribution in [0.25, 0.3) is 0 Å². The lowest BCUT2D eigenvalue weighted by Crippen LogP contribution is -2.47. The Labute approximate surface area is 116 Å². The first kappa shape index (κ1) is 14.1. The Morgan fingerprint density at radius 1 is 1.21 bits per heavy atom. The van der Waals surface area contributed by atoms with E-state index >= 15 is 0 Å². The number of aryl methyl sites for hydroxylation is 1. The summed E-state index contributed by atoms with van der Waals surface area (Å²) in [5, 5.41) is 2.98. The first-order valence-corrected chi connectivity index (χ1v) is 7.18. The molecule has 1 aromatic rings. The molecule has 1 aliphatic heterocycles. The molecule has 0 spiro atoms. The van der Waals surface area contributed by atoms with Crippen molar-refractivity contribution in [3.63, 3.8) is 0 Å². The second-order valence-electron chi connectivity index (χ2n) is 5.72. The molecule has 0 radical (unpaired) electrons. The molecule has 1 aliphatic rings. The van der Waals surface area contributed by atoms with Gasteiger partial charge < -0.3 is 5.32 Å². The summed E-state index contributed by atoms with van der Waals surface area (Å²) in [7, 11) is 0. The van der Waals surface area contributed by atoms with Gasteiger partial charge in [0.05, 0.1) is 6.54 Å². The maximum Gasteiger partial charge on any atom is 0.238 e. The van der Waals surface area contributed by atoms with Gasteiger partial charge in [0.2, 0.25) is 5.91 Å². The first-order valence-electron chi connectivity index (χ1n) is 7.18. The van der Waals surface area contributed by atoms with Gasteiger partial charge >= 0.3 is 0 Å². The lowest BCUT2D eigenvalue weighted by molar-refractivity contribution is -0.118. The number of carbonyl (C=O) groups is 1. The SMILES string of the molecule is Cc1ccc(NC(=O)CN2C(C)CCCC2C)cc1. The van der Waals surface area contributed by atoms with Gasteiger partial charge in [0.25, 0.3) is 0 Å². The summed E-state index contributed by atoms with van der Waals surface area (Å²) in [4.78, 5) is 14.4. The summed E-state index contributed by atoms with van der Waals surface area (Å²) in [6.45, 7) is 6.97. The Balaban J connectivity index is 1.91. The van der Waals surface area contributed by atoms with Gasteiger partial charge in [0.1, 0.15) is 0 Å². The highest BCUT2D eigenvalue weighted by Crippen LogP contribution is 2.22. The van der Waals surface area contributed by atoms with Crippen LogP contribution >= 0.6 is 0 Å². The Hall–Kier alpha value is -1.35. The minimum Gasteiger partial charge on any atom is -0.325 e. The van der Waals surface area contributed by atoms with Gasteiger partial charge in [0.15, 0.2) is 0 Å². The highest BCUT2D eigenvalue weighted by atomic mass is 16.2. The van der Waals surface area contributed by atoms with Crippen LogP contribution in [0.5, 0.6) is 0 Å². The molecule has 0 bridgehead atoms. The number of hydrogen-bond donors (Lipinski definition) is 1. The molecule has 2 atom stereocenters. The Bertz CT molecular complexity index is 417. The number of carbonyl (C=O) groups excluding carboxylic acids is 1. The lowest BCUT2D eigenvalue weighted by Gasteiger charge is -2.38. The largest absolute Gasteiger partial charge is 0.325 e. The van der Waals surface area contributed by atoms with Crippen molar-refractivity contribution in [2.45, 2.75) is 52.1 Å². The fourth-order valence-corrected chi connectivity index (χ4v) is 2.79. The predicted octanol–water partition coefficient (Wildman–Crippen LogP) is 3.20. The first-order chi connectivity index (χ1) is 9.06. The smallest absolute Gasteiger partial charge is 0.238 e. The second kappa shape index (κ2) is 6.20. The molecule has 0 aliphatic carbocycles. The molecular formula is C16H24N2O. The predicted molar refractivity (Wildman–Crippen MR) is 79.3 cm³/mol. The van der Waals surface area contributed by atoms with Gasteiger partial charge in [-0.05, 0) is 45.7 Å². The normalized spacial score (nSPS) is 24.2. The van der Waals surface area contributed by atoms with Crippen molar-refractivity contribution in [2.24, 2.45) is 0 Å². The summed E-state index contributed by atoms with van der Waals surface area (Å²) in [6.07, 6.45) is 3.67. The van der Waals surface area contributed by atoms with E-state index in [0.29, 0.717) is 18.6 Å². The third-order valence-electron chi connectivity index (χ3n) is 4.04. The van der Waals surface area contributed by atoms with Crippen molar-refractivity contribution in [1.29, 1.82) is 0 Å². The number of nitrogens with zero attached hydrogens (tertiary/aromatic N) is 1. The van der Waals surface area contributed by atoms with Crippen LogP contribution in [0.4, 0.5) is 5.69 Å². The molecule has 1 saturated heterocycles. The molecule has 0 saturated carbocycles. The molecule has 1 heterocycles. The minimum absolute atomic E-state index is 0.0875. The van der Waals surface area contributed by atoms with Crippen molar-refractivity contribution >= 4 is 11.6 Å². The van der Waals surface area contributed by atoms with E-state index in [9.17, 15) is 4.79 Å². The van der Waals surface area contributed by atoms with Crippen LogP contribution in [-0.2, 0) is 4.79 Å². The topological polar surface area (TPSA) is 32.3 Å². The molecule has 3 nitrogen and oxygen atoms in total. The van der Waals surface area contributed by atoms with Crippen molar-refractivity contribution in [3.8, 4) is 0 Å². The van der Waals surface area contributed by atoms with Crippen LogP contribution in [0.15, 0.2) is 24.3 Å². The number of hydrogen-bond acceptors (Lipinski definition) is 2. The number of rotatable bonds is 3. The quantitative estimate of drug-likeness (QED) is 0.905. The third kappa shape index (κ3) is 3.80. The van der Waals surface area contributed by atoms with Gasteiger partial charge in [-0.1, -0.05) is 24.1 Å². The summed E-state index contributed by atoms with van der Waals surface area (Å²) in [5.74, 6) is 0.0875. The number of benzene rings is 1. The zero-order chi connectivity index (χ0) is 13.8. The fourth-order valence-electron chi connectivity index (χ4n) is 2.79. The van der Waals surface area contributed by atoms with E-state index in [0.717, 1.165) is 5.69 Å². The van der Waals surface area contributed by atoms with E-state index in [1.54, 1.807) is 0 Å². The van der Waals surface area contributed by atoms with Crippen LogP contribution in [0, 0.1) is 6.92 Å². The zero-order valence-corrected chi connectivity index (χ0v) is 12.1. The Morgan fingerprint density at radius 2 is 1.79 bits per heavy atom. The third-order valence-corrected chi connectivity index (χ3v) is 4.04. The molecular weight excluding hydrogens is 236 g/mol. The van der Waals surface area contributed by atoms with Crippen LogP contribution in [0.2, 0.25) is 0 Å². The number of amides is 1. The number of anilines is 1. The van der Waals surface area contributed by atoms with E-state index in [-0.39, 0.29) is 5.91 Å². The molecule has 19 heavy (non-hydrogen) atoms. The van der Waals surface area contributed by atoms with Gasteiger partial charge in [0, 0.05) is 17.8 Å². The van der Waals surface area contributed by atoms with Gasteiger partial charge in [-0.2, -0.15) is 0 Å². The zero-order valence-electron chi connectivity index (χ0n) is 12.1. The summed E-state index contributed by atoms with van der Waals surface area (Å²) in [5.41, 5.74) is 2.09. The van der Waals surface area contributed by atoms with Gasteiger partial charge in [-0.15, -0.1) is 0 Å². The molecule has 2 unspecified atom stereocenters. The summed E-state index contributed by atoms with van der Waals surface area (Å²) in [6, 6.07) is 8.95. The minimum atomic E-state index is 0.0875. The van der Waals surface area contributed by atoms with Crippen LogP contribution in [0.3, 0.4) is 0 Å². The molecule has 2 rings (SSSR count). The van der Waals surface area contributed by atoms with Gasteiger partial charge in [-0.25, -0.2) is 0 Å². The van der Waals surface area contributed by atoms with E-state index in [2.05, 4.69) is 24.1 Å². The van der Waals surface area contributed by atoms with E-state index in [1.807, 2.05) is 31.2 Å². The number of likely N-dealkylation sites (tertiary alicyclic amines) is 1. The van der Waals surface area contributed by atoms with Crippen LogP contribution in [0.1, 0.15) is 38.7 Å². The maximum absolute atomic E-state index is 12.1. The van der Waals surface area contributed by atoms with Crippen LogP contribution < -0.4 is 5.32 Å². The average Bonchev–Trinajstić information content (AvgIpc) is 2.37. The van der Waals surface area contributed by atoms with E-state index in [4.69, 9.17) is 0 Å². The maximum atomic E-state index is 12.1. The lowest BCUT2D eigenvalue weighted by atomic mass is 9.97. The molecule has 0 aromatic heterocycles.